The van der Waals surface area contributed by atoms with Crippen LogP contribution in [0.5, 0.6) is 0 Å². The number of amides is 1. The molecule has 24 heavy (non-hydrogen) atoms. The van der Waals surface area contributed by atoms with E-state index in [-0.39, 0.29) is 13.2 Å². The SMILES string of the molecule is O=C(NCC#Cc1ccc2[nH]c(=O)oc2c1)OCc1ccccc1. The molecule has 0 unspecified atom stereocenters. The highest BCUT2D eigenvalue weighted by Crippen LogP contribution is 2.11. The lowest BCUT2D eigenvalue weighted by Gasteiger charge is -2.04. The third-order valence-electron chi connectivity index (χ3n) is 3.19. The molecule has 0 radical (unpaired) electrons. The van der Waals surface area contributed by atoms with Gasteiger partial charge in [0, 0.05) is 5.56 Å². The van der Waals surface area contributed by atoms with E-state index in [0.717, 1.165) is 5.56 Å². The number of rotatable bonds is 3. The Morgan fingerprint density at radius 1 is 1.21 bits per heavy atom. The van der Waals surface area contributed by atoms with E-state index in [1.54, 1.807) is 18.2 Å². The Balaban J connectivity index is 1.49. The Labute approximate surface area is 137 Å². The van der Waals surface area contributed by atoms with Crippen LogP contribution < -0.4 is 11.1 Å². The summed E-state index contributed by atoms with van der Waals surface area (Å²) in [5.74, 6) is 5.19. The second-order valence-electron chi connectivity index (χ2n) is 4.94. The third kappa shape index (κ3) is 4.05. The number of fused-ring (bicyclic) bond motifs is 1. The maximum absolute atomic E-state index is 11.6. The quantitative estimate of drug-likeness (QED) is 0.725. The Morgan fingerprint density at radius 3 is 2.88 bits per heavy atom. The molecular weight excluding hydrogens is 308 g/mol. The van der Waals surface area contributed by atoms with Gasteiger partial charge in [-0.15, -0.1) is 0 Å². The second kappa shape index (κ2) is 7.20. The first kappa shape index (κ1) is 15.4. The van der Waals surface area contributed by atoms with Crippen LogP contribution in [0.2, 0.25) is 0 Å². The van der Waals surface area contributed by atoms with Crippen LogP contribution in [0, 0.1) is 11.8 Å². The van der Waals surface area contributed by atoms with E-state index in [4.69, 9.17) is 9.15 Å². The number of hydrogen-bond donors (Lipinski definition) is 2. The van der Waals surface area contributed by atoms with E-state index in [1.165, 1.54) is 0 Å². The fourth-order valence-electron chi connectivity index (χ4n) is 2.06. The van der Waals surface area contributed by atoms with Gasteiger partial charge in [0.1, 0.15) is 6.61 Å². The summed E-state index contributed by atoms with van der Waals surface area (Å²) < 4.78 is 10.0. The summed E-state index contributed by atoms with van der Waals surface area (Å²) in [4.78, 5) is 25.2. The van der Waals surface area contributed by atoms with E-state index in [1.807, 2.05) is 30.3 Å². The molecule has 0 saturated heterocycles. The van der Waals surface area contributed by atoms with E-state index in [2.05, 4.69) is 22.1 Å². The zero-order valence-corrected chi connectivity index (χ0v) is 12.7. The van der Waals surface area contributed by atoms with Gasteiger partial charge in [0.25, 0.3) is 0 Å². The van der Waals surface area contributed by atoms with Crippen LogP contribution >= 0.6 is 0 Å². The van der Waals surface area contributed by atoms with Crippen molar-refractivity contribution >= 4 is 17.2 Å². The van der Waals surface area contributed by atoms with Gasteiger partial charge in [0.2, 0.25) is 0 Å². The van der Waals surface area contributed by atoms with Crippen LogP contribution in [0.1, 0.15) is 11.1 Å². The van der Waals surface area contributed by atoms with Crippen LogP contribution in [-0.2, 0) is 11.3 Å². The van der Waals surface area contributed by atoms with E-state index in [9.17, 15) is 9.59 Å². The summed E-state index contributed by atoms with van der Waals surface area (Å²) in [6.07, 6.45) is -0.528. The number of carbonyl (C=O) groups is 1. The molecule has 120 valence electrons. The first-order valence-corrected chi connectivity index (χ1v) is 7.27. The van der Waals surface area contributed by atoms with Gasteiger partial charge in [0.05, 0.1) is 12.1 Å². The largest absolute Gasteiger partial charge is 0.445 e. The Kier molecular flexibility index (Phi) is 4.63. The summed E-state index contributed by atoms with van der Waals surface area (Å²) in [6, 6.07) is 14.5. The number of aromatic nitrogens is 1. The fraction of sp³-hybridized carbons (Fsp3) is 0.111. The summed E-state index contributed by atoms with van der Waals surface area (Å²) in [5.41, 5.74) is 2.67. The standard InChI is InChI=1S/C18H14N2O4/c21-17(23-12-14-5-2-1-3-6-14)19-10-4-7-13-8-9-15-16(11-13)24-18(22)20-15/h1-3,5-6,8-9,11H,10,12H2,(H,19,21)(H,20,22). The van der Waals surface area contributed by atoms with E-state index < -0.39 is 11.8 Å². The Bertz CT molecular complexity index is 961. The topological polar surface area (TPSA) is 84.3 Å². The predicted octanol–water partition coefficient (Wildman–Crippen LogP) is 2.40. The molecule has 0 aliphatic heterocycles. The Hall–Kier alpha value is -3.46. The second-order valence-corrected chi connectivity index (χ2v) is 4.94. The maximum atomic E-state index is 11.6. The zero-order chi connectivity index (χ0) is 16.8. The molecule has 1 heterocycles. The van der Waals surface area contributed by atoms with E-state index >= 15 is 0 Å². The molecule has 2 aromatic carbocycles. The zero-order valence-electron chi connectivity index (χ0n) is 12.7. The van der Waals surface area contributed by atoms with Crippen molar-refractivity contribution in [1.29, 1.82) is 0 Å². The van der Waals surface area contributed by atoms with Crippen molar-refractivity contribution in [2.45, 2.75) is 6.61 Å². The molecular formula is C18H14N2O4. The van der Waals surface area contributed by atoms with Crippen molar-refractivity contribution < 1.29 is 13.9 Å². The number of aromatic amines is 1. The minimum Gasteiger partial charge on any atom is -0.445 e. The highest BCUT2D eigenvalue weighted by atomic mass is 16.5. The average molecular weight is 322 g/mol. The molecule has 3 aromatic rings. The summed E-state index contributed by atoms with van der Waals surface area (Å²) in [7, 11) is 0. The van der Waals surface area contributed by atoms with Crippen LogP contribution in [0.4, 0.5) is 4.79 Å². The van der Waals surface area contributed by atoms with Gasteiger partial charge >= 0.3 is 11.8 Å². The van der Waals surface area contributed by atoms with E-state index in [0.29, 0.717) is 16.7 Å². The van der Waals surface area contributed by atoms with Crippen molar-refractivity contribution in [2.75, 3.05) is 6.54 Å². The van der Waals surface area contributed by atoms with Crippen molar-refractivity contribution in [3.63, 3.8) is 0 Å². The number of alkyl carbamates (subject to hydrolysis) is 1. The van der Waals surface area contributed by atoms with Gasteiger partial charge in [-0.1, -0.05) is 42.2 Å². The molecule has 2 N–H and O–H groups in total. The van der Waals surface area contributed by atoms with Crippen LogP contribution in [-0.4, -0.2) is 17.6 Å². The number of H-pyrrole nitrogens is 1. The van der Waals surface area contributed by atoms with Gasteiger partial charge < -0.3 is 14.5 Å². The molecule has 0 aliphatic carbocycles. The van der Waals surface area contributed by atoms with Crippen LogP contribution in [0.3, 0.4) is 0 Å². The number of nitrogens with one attached hydrogen (secondary N) is 2. The highest BCUT2D eigenvalue weighted by molar-refractivity contribution is 5.74. The van der Waals surface area contributed by atoms with Gasteiger partial charge in [-0.05, 0) is 23.8 Å². The monoisotopic (exact) mass is 322 g/mol. The Morgan fingerprint density at radius 2 is 2.04 bits per heavy atom. The predicted molar refractivity (Wildman–Crippen MR) is 88.3 cm³/mol. The normalized spacial score (nSPS) is 10.0. The lowest BCUT2D eigenvalue weighted by Crippen LogP contribution is -2.24. The first-order valence-electron chi connectivity index (χ1n) is 7.27. The molecule has 0 aliphatic rings. The lowest BCUT2D eigenvalue weighted by atomic mass is 10.2. The van der Waals surface area contributed by atoms with Gasteiger partial charge in [-0.2, -0.15) is 0 Å². The van der Waals surface area contributed by atoms with Gasteiger partial charge in [0.15, 0.2) is 5.58 Å². The minimum atomic E-state index is -0.528. The first-order chi connectivity index (χ1) is 11.7. The summed E-state index contributed by atoms with van der Waals surface area (Å²) >= 11 is 0. The maximum Gasteiger partial charge on any atom is 0.417 e. The number of carbonyl (C=O) groups excluding carboxylic acids is 1. The molecule has 0 saturated carbocycles. The molecule has 6 heteroatoms. The summed E-state index contributed by atoms with van der Waals surface area (Å²) in [6.45, 7) is 0.367. The average Bonchev–Trinajstić information content (AvgIpc) is 2.97. The van der Waals surface area contributed by atoms with Crippen LogP contribution in [0.15, 0.2) is 57.7 Å². The molecule has 0 spiro atoms. The minimum absolute atomic E-state index is 0.156. The number of ether oxygens (including phenoxy) is 1. The molecule has 0 atom stereocenters. The van der Waals surface area contributed by atoms with Crippen molar-refractivity contribution in [3.8, 4) is 11.8 Å². The van der Waals surface area contributed by atoms with Gasteiger partial charge in [-0.3, -0.25) is 4.98 Å². The molecule has 0 fully saturated rings. The van der Waals surface area contributed by atoms with Gasteiger partial charge in [-0.25, -0.2) is 9.59 Å². The van der Waals surface area contributed by atoms with Crippen LogP contribution in [0.25, 0.3) is 11.1 Å². The van der Waals surface area contributed by atoms with Crippen molar-refractivity contribution in [1.82, 2.24) is 10.3 Å². The van der Waals surface area contributed by atoms with Crippen molar-refractivity contribution in [2.24, 2.45) is 0 Å². The smallest absolute Gasteiger partial charge is 0.417 e. The number of hydrogen-bond acceptors (Lipinski definition) is 4. The molecule has 1 aromatic heterocycles. The number of oxazole rings is 1. The molecule has 1 amide bonds. The highest BCUT2D eigenvalue weighted by Gasteiger charge is 2.01. The number of benzene rings is 2. The third-order valence-corrected chi connectivity index (χ3v) is 3.19. The molecule has 6 nitrogen and oxygen atoms in total. The molecule has 0 bridgehead atoms. The summed E-state index contributed by atoms with van der Waals surface area (Å²) in [5, 5.41) is 2.55. The van der Waals surface area contributed by atoms with Crippen molar-refractivity contribution in [3.05, 3.63) is 70.2 Å². The lowest BCUT2D eigenvalue weighted by molar-refractivity contribution is 0.141. The fourth-order valence-corrected chi connectivity index (χ4v) is 2.06. The molecule has 3 rings (SSSR count).